The van der Waals surface area contributed by atoms with Crippen LogP contribution in [0, 0.1) is 6.92 Å². The van der Waals surface area contributed by atoms with Gasteiger partial charge in [-0.1, -0.05) is 17.7 Å². The van der Waals surface area contributed by atoms with Crippen LogP contribution in [0.15, 0.2) is 29.2 Å². The normalized spacial score (nSPS) is 16.5. The van der Waals surface area contributed by atoms with Crippen LogP contribution in [0.5, 0.6) is 0 Å². The van der Waals surface area contributed by atoms with Gasteiger partial charge in [0, 0.05) is 0 Å². The van der Waals surface area contributed by atoms with Crippen LogP contribution in [0.1, 0.15) is 5.56 Å². The Labute approximate surface area is 133 Å². The van der Waals surface area contributed by atoms with Crippen molar-refractivity contribution in [2.75, 3.05) is 6.61 Å². The topological polar surface area (TPSA) is 173 Å². The second-order valence-corrected chi connectivity index (χ2v) is 6.07. The summed E-state index contributed by atoms with van der Waals surface area (Å²) in [4.78, 5) is 9.83. The van der Waals surface area contributed by atoms with Crippen LogP contribution in [0.25, 0.3) is 0 Å². The summed E-state index contributed by atoms with van der Waals surface area (Å²) in [5, 5.41) is 43.5. The summed E-state index contributed by atoms with van der Waals surface area (Å²) in [6, 6.07) is 5.99. The van der Waals surface area contributed by atoms with Gasteiger partial charge in [0.2, 0.25) is 0 Å². The monoisotopic (exact) mass is 352 g/mol. The predicted octanol–water partition coefficient (Wildman–Crippen LogP) is -2.14. The van der Waals surface area contributed by atoms with E-state index in [0.717, 1.165) is 5.56 Å². The van der Waals surface area contributed by atoms with E-state index < -0.39 is 41.1 Å². The van der Waals surface area contributed by atoms with Crippen LogP contribution in [0.3, 0.4) is 0 Å². The van der Waals surface area contributed by atoms with Gasteiger partial charge in [0.15, 0.2) is 6.29 Å². The molecule has 0 aromatic heterocycles. The lowest BCUT2D eigenvalue weighted by Gasteiger charge is -2.22. The summed E-state index contributed by atoms with van der Waals surface area (Å²) < 4.78 is 29.6. The maximum absolute atomic E-state index is 10.5. The van der Waals surface area contributed by atoms with Gasteiger partial charge in [-0.2, -0.15) is 8.42 Å². The molecule has 0 aliphatic rings. The highest BCUT2D eigenvalue weighted by Crippen LogP contribution is 2.08. The first-order chi connectivity index (χ1) is 10.5. The Bertz CT molecular complexity index is 570. The Kier molecular flexibility index (Phi) is 9.09. The first kappa shape index (κ1) is 21.6. The number of aldehydes is 1. The average molecular weight is 352 g/mol. The molecule has 0 amide bonds. The summed E-state index contributed by atoms with van der Waals surface area (Å²) in [6.45, 7) is 1.08. The molecule has 0 unspecified atom stereocenters. The zero-order chi connectivity index (χ0) is 18.2. The van der Waals surface area contributed by atoms with Gasteiger partial charge in [-0.15, -0.1) is 0 Å². The van der Waals surface area contributed by atoms with Crippen molar-refractivity contribution < 1.29 is 43.3 Å². The molecule has 0 radical (unpaired) electrons. The molecule has 0 saturated carbocycles. The Morgan fingerprint density at radius 3 is 1.87 bits per heavy atom. The van der Waals surface area contributed by atoms with E-state index in [2.05, 4.69) is 0 Å². The van der Waals surface area contributed by atoms with Crippen molar-refractivity contribution in [3.8, 4) is 0 Å². The molecule has 0 aliphatic heterocycles. The van der Waals surface area contributed by atoms with Crippen molar-refractivity contribution in [2.24, 2.45) is 0 Å². The van der Waals surface area contributed by atoms with E-state index in [1.54, 1.807) is 12.1 Å². The highest BCUT2D eigenvalue weighted by atomic mass is 32.2. The van der Waals surface area contributed by atoms with Gasteiger partial charge in [-0.3, -0.25) is 4.55 Å². The van der Waals surface area contributed by atoms with E-state index in [1.807, 2.05) is 6.92 Å². The Balaban J connectivity index is 0.000000422. The van der Waals surface area contributed by atoms with Crippen LogP contribution < -0.4 is 0 Å². The van der Waals surface area contributed by atoms with E-state index in [0.29, 0.717) is 0 Å². The minimum absolute atomic E-state index is 0.0258. The smallest absolute Gasteiger partial charge is 0.294 e. The van der Waals surface area contributed by atoms with Crippen LogP contribution in [-0.4, -0.2) is 75.8 Å². The maximum atomic E-state index is 10.5. The molecule has 1 aromatic carbocycles. The third-order valence-corrected chi connectivity index (χ3v) is 3.61. The van der Waals surface area contributed by atoms with Gasteiger partial charge in [0.1, 0.15) is 24.4 Å². The van der Waals surface area contributed by atoms with E-state index in [-0.39, 0.29) is 11.2 Å². The van der Waals surface area contributed by atoms with E-state index in [4.69, 9.17) is 30.1 Å². The van der Waals surface area contributed by atoms with Crippen LogP contribution in [-0.2, 0) is 14.9 Å². The first-order valence-electron chi connectivity index (χ1n) is 6.37. The van der Waals surface area contributed by atoms with Crippen molar-refractivity contribution in [1.82, 2.24) is 0 Å². The van der Waals surface area contributed by atoms with Gasteiger partial charge in [0.05, 0.1) is 11.5 Å². The molecule has 0 fully saturated rings. The van der Waals surface area contributed by atoms with Crippen LogP contribution in [0.2, 0.25) is 0 Å². The second kappa shape index (κ2) is 9.67. The molecule has 132 valence electrons. The fourth-order valence-corrected chi connectivity index (χ4v) is 1.81. The minimum atomic E-state index is -4.02. The first-order valence-corrected chi connectivity index (χ1v) is 7.81. The van der Waals surface area contributed by atoms with E-state index in [1.165, 1.54) is 12.1 Å². The summed E-state index contributed by atoms with van der Waals surface area (Å²) in [5.74, 6) is 0. The van der Waals surface area contributed by atoms with Gasteiger partial charge >= 0.3 is 0 Å². The van der Waals surface area contributed by atoms with Gasteiger partial charge in [-0.05, 0) is 19.1 Å². The summed E-state index contributed by atoms with van der Waals surface area (Å²) in [6.07, 6.45) is -6.84. The standard InChI is InChI=1S/C7H8O3S.C6H12O6/c1-6-2-4-7(5-3-6)11(8,9)10;7-1-3(9)5(11)6(12)4(10)2-8/h2-5H,1H3,(H,8,9,10);1,3-6,8-12H,2H2/t;3-,4+,5+,6+/m.0/s1. The number of hydrogen-bond donors (Lipinski definition) is 6. The number of carbonyl (C=O) groups is 1. The lowest BCUT2D eigenvalue weighted by molar-refractivity contribution is -0.136. The summed E-state index contributed by atoms with van der Waals surface area (Å²) in [7, 11) is -4.02. The fraction of sp³-hybridized carbons (Fsp3) is 0.462. The molecule has 1 aromatic rings. The minimum Gasteiger partial charge on any atom is -0.394 e. The molecule has 1 rings (SSSR count). The van der Waals surface area contributed by atoms with E-state index in [9.17, 15) is 13.2 Å². The maximum Gasteiger partial charge on any atom is 0.294 e. The zero-order valence-corrected chi connectivity index (χ0v) is 13.0. The molecule has 9 nitrogen and oxygen atoms in total. The fourth-order valence-electron chi connectivity index (χ4n) is 1.33. The van der Waals surface area contributed by atoms with Crippen molar-refractivity contribution in [3.63, 3.8) is 0 Å². The third-order valence-electron chi connectivity index (χ3n) is 2.74. The quantitative estimate of drug-likeness (QED) is 0.247. The molecule has 0 bridgehead atoms. The SMILES string of the molecule is Cc1ccc(S(=O)(=O)O)cc1.O=C[C@H](O)[C@@H](O)[C@H](O)[C@H](O)CO. The molecular formula is C13H20O9S. The second-order valence-electron chi connectivity index (χ2n) is 4.65. The number of aliphatic hydroxyl groups excluding tert-OH is 5. The zero-order valence-electron chi connectivity index (χ0n) is 12.2. The molecule has 4 atom stereocenters. The van der Waals surface area contributed by atoms with Gasteiger partial charge in [0.25, 0.3) is 10.1 Å². The lowest BCUT2D eigenvalue weighted by Crippen LogP contribution is -2.46. The van der Waals surface area contributed by atoms with Crippen molar-refractivity contribution in [2.45, 2.75) is 36.2 Å². The molecule has 0 saturated heterocycles. The van der Waals surface area contributed by atoms with Crippen molar-refractivity contribution in [3.05, 3.63) is 29.8 Å². The highest BCUT2D eigenvalue weighted by molar-refractivity contribution is 7.85. The Hall–Kier alpha value is -1.40. The predicted molar refractivity (Wildman–Crippen MR) is 78.2 cm³/mol. The molecule has 0 aliphatic carbocycles. The molecule has 0 heterocycles. The molecule has 23 heavy (non-hydrogen) atoms. The Morgan fingerprint density at radius 2 is 1.52 bits per heavy atom. The summed E-state index contributed by atoms with van der Waals surface area (Å²) in [5.41, 5.74) is 0.956. The summed E-state index contributed by atoms with van der Waals surface area (Å²) >= 11 is 0. The number of carbonyl (C=O) groups excluding carboxylic acids is 1. The average Bonchev–Trinajstić information content (AvgIpc) is 2.52. The van der Waals surface area contributed by atoms with Crippen molar-refractivity contribution >= 4 is 16.4 Å². The van der Waals surface area contributed by atoms with Crippen molar-refractivity contribution in [1.29, 1.82) is 0 Å². The molecule has 0 spiro atoms. The van der Waals surface area contributed by atoms with Gasteiger partial charge < -0.3 is 30.3 Å². The number of rotatable bonds is 6. The Morgan fingerprint density at radius 1 is 1.04 bits per heavy atom. The molecule has 6 N–H and O–H groups in total. The lowest BCUT2D eigenvalue weighted by atomic mass is 10.0. The number of aliphatic hydroxyl groups is 5. The molecule has 10 heteroatoms. The number of hydrogen-bond acceptors (Lipinski definition) is 8. The van der Waals surface area contributed by atoms with Crippen LogP contribution >= 0.6 is 0 Å². The highest BCUT2D eigenvalue weighted by Gasteiger charge is 2.29. The van der Waals surface area contributed by atoms with E-state index >= 15 is 0 Å². The molecular weight excluding hydrogens is 332 g/mol. The largest absolute Gasteiger partial charge is 0.394 e. The number of aryl methyl sites for hydroxylation is 1. The number of benzene rings is 1. The van der Waals surface area contributed by atoms with Crippen LogP contribution in [0.4, 0.5) is 0 Å². The third kappa shape index (κ3) is 7.61. The van der Waals surface area contributed by atoms with Gasteiger partial charge in [-0.25, -0.2) is 0 Å².